The molecule has 0 bridgehead atoms. The van der Waals surface area contributed by atoms with Crippen molar-refractivity contribution in [2.75, 3.05) is 43.4 Å². The van der Waals surface area contributed by atoms with Gasteiger partial charge in [-0.05, 0) is 43.5 Å². The van der Waals surface area contributed by atoms with E-state index in [4.69, 9.17) is 20.2 Å². The fraction of sp³-hybridized carbons (Fsp3) is 0.355. The third-order valence-electron chi connectivity index (χ3n) is 8.01. The van der Waals surface area contributed by atoms with Crippen molar-refractivity contribution in [2.45, 2.75) is 38.9 Å². The largest absolute Gasteiger partial charge is 0.489 e. The summed E-state index contributed by atoms with van der Waals surface area (Å²) in [5, 5.41) is 5.44. The third-order valence-corrected chi connectivity index (χ3v) is 8.01. The smallest absolute Gasteiger partial charge is 0.150 e. The van der Waals surface area contributed by atoms with Gasteiger partial charge in [0.25, 0.3) is 0 Å². The van der Waals surface area contributed by atoms with Crippen LogP contribution in [0.2, 0.25) is 0 Å². The summed E-state index contributed by atoms with van der Waals surface area (Å²) in [4.78, 5) is 20.7. The van der Waals surface area contributed by atoms with Crippen LogP contribution < -0.4 is 20.7 Å². The Kier molecular flexibility index (Phi) is 8.14. The lowest BCUT2D eigenvalue weighted by Gasteiger charge is -2.30. The molecule has 7 rings (SSSR count). The van der Waals surface area contributed by atoms with E-state index < -0.39 is 0 Å². The molecule has 0 aliphatic carbocycles. The number of pyridine rings is 2. The number of nitrogens with zero attached hydrogens (tertiary/aromatic N) is 6. The van der Waals surface area contributed by atoms with E-state index in [1.165, 1.54) is 12.0 Å². The van der Waals surface area contributed by atoms with Crippen molar-refractivity contribution in [3.8, 4) is 11.4 Å². The Morgan fingerprint density at radius 3 is 2.81 bits per heavy atom. The molecule has 0 spiro atoms. The van der Waals surface area contributed by atoms with E-state index >= 15 is 0 Å². The lowest BCUT2D eigenvalue weighted by Crippen LogP contribution is -2.43. The first kappa shape index (κ1) is 28.2. The first-order valence-corrected chi connectivity index (χ1v) is 14.4. The van der Waals surface area contributed by atoms with Gasteiger partial charge in [0, 0.05) is 79.1 Å². The molecule has 5 aromatic rings. The number of aromatic nitrogens is 5. The molecule has 2 aliphatic rings. The zero-order chi connectivity index (χ0) is 27.8. The van der Waals surface area contributed by atoms with Gasteiger partial charge in [-0.15, -0.1) is 0 Å². The standard InChI is InChI=1S/C31H34N8O2.H2S/c1-2-21-13-27(38-9-7-33-8-10-38)24-6-5-23(14-26(24)37-21)41-18-20-12-22(16-34-15-20)39-17-25(28-4-3-11-40-28)29-30(32)35-19-36-31(29)39;/h5-6,12-17,19,28,33H,2-4,7-11,18H2,1H3,(H2,32,35,36);1H2/t28-;/m0./s1. The van der Waals surface area contributed by atoms with Crippen LogP contribution in [0.1, 0.15) is 42.7 Å². The number of anilines is 2. The van der Waals surface area contributed by atoms with Crippen molar-refractivity contribution in [3.05, 3.63) is 72.1 Å². The molecule has 2 fully saturated rings. The molecule has 6 heterocycles. The summed E-state index contributed by atoms with van der Waals surface area (Å²) < 4.78 is 14.3. The number of piperazine rings is 1. The van der Waals surface area contributed by atoms with Crippen LogP contribution in [0, 0.1) is 0 Å². The molecular formula is C31H36N8O2S. The second-order valence-corrected chi connectivity index (χ2v) is 10.7. The topological polar surface area (TPSA) is 116 Å². The molecule has 0 unspecified atom stereocenters. The van der Waals surface area contributed by atoms with E-state index in [9.17, 15) is 0 Å². The van der Waals surface area contributed by atoms with Gasteiger partial charge in [-0.2, -0.15) is 13.5 Å². The molecule has 0 radical (unpaired) electrons. The van der Waals surface area contributed by atoms with Crippen LogP contribution in [0.4, 0.5) is 11.5 Å². The Hall–Kier alpha value is -3.93. The number of aryl methyl sites for hydroxylation is 1. The molecule has 1 aromatic carbocycles. The Balaban J connectivity index is 0.00000316. The van der Waals surface area contributed by atoms with Gasteiger partial charge in [0.05, 0.1) is 28.9 Å². The first-order chi connectivity index (χ1) is 20.2. The van der Waals surface area contributed by atoms with Gasteiger partial charge in [-0.1, -0.05) is 6.92 Å². The quantitative estimate of drug-likeness (QED) is 0.286. The summed E-state index contributed by atoms with van der Waals surface area (Å²) in [6.45, 7) is 7.25. The van der Waals surface area contributed by atoms with Gasteiger partial charge < -0.3 is 25.4 Å². The maximum Gasteiger partial charge on any atom is 0.150 e. The minimum atomic E-state index is -0.00615. The van der Waals surface area contributed by atoms with Crippen LogP contribution >= 0.6 is 13.5 Å². The minimum absolute atomic E-state index is 0. The molecule has 0 amide bonds. The molecule has 2 aliphatic heterocycles. The fourth-order valence-electron chi connectivity index (χ4n) is 5.91. The highest BCUT2D eigenvalue weighted by Gasteiger charge is 2.25. The Morgan fingerprint density at radius 1 is 1.12 bits per heavy atom. The molecule has 2 saturated heterocycles. The Morgan fingerprint density at radius 2 is 2.00 bits per heavy atom. The summed E-state index contributed by atoms with van der Waals surface area (Å²) in [6.07, 6.45) is 10.1. The number of nitrogens with one attached hydrogen (secondary N) is 1. The van der Waals surface area contributed by atoms with Gasteiger partial charge in [-0.3, -0.25) is 14.5 Å². The maximum atomic E-state index is 6.30. The molecule has 42 heavy (non-hydrogen) atoms. The van der Waals surface area contributed by atoms with Crippen LogP contribution in [0.15, 0.2) is 55.2 Å². The minimum Gasteiger partial charge on any atom is -0.489 e. The van der Waals surface area contributed by atoms with Crippen LogP contribution in [0.5, 0.6) is 5.75 Å². The summed E-state index contributed by atoms with van der Waals surface area (Å²) in [5.74, 6) is 1.24. The second-order valence-electron chi connectivity index (χ2n) is 10.7. The second kappa shape index (κ2) is 12.1. The van der Waals surface area contributed by atoms with Gasteiger partial charge in [0.15, 0.2) is 0 Å². The van der Waals surface area contributed by atoms with Crippen LogP contribution in [-0.2, 0) is 17.8 Å². The highest BCUT2D eigenvalue weighted by Crippen LogP contribution is 2.37. The van der Waals surface area contributed by atoms with Gasteiger partial charge in [0.2, 0.25) is 0 Å². The summed E-state index contributed by atoms with van der Waals surface area (Å²) in [6, 6.07) is 10.5. The zero-order valence-electron chi connectivity index (χ0n) is 23.7. The van der Waals surface area contributed by atoms with E-state index in [0.717, 1.165) is 102 Å². The highest BCUT2D eigenvalue weighted by molar-refractivity contribution is 7.59. The molecule has 4 aromatic heterocycles. The monoisotopic (exact) mass is 584 g/mol. The van der Waals surface area contributed by atoms with Crippen molar-refractivity contribution in [2.24, 2.45) is 0 Å². The van der Waals surface area contributed by atoms with Crippen LogP contribution in [0.25, 0.3) is 27.6 Å². The highest BCUT2D eigenvalue weighted by atomic mass is 32.1. The number of nitrogens with two attached hydrogens (primary N) is 1. The number of hydrogen-bond acceptors (Lipinski definition) is 9. The van der Waals surface area contributed by atoms with E-state index in [-0.39, 0.29) is 19.6 Å². The van der Waals surface area contributed by atoms with E-state index in [1.54, 1.807) is 0 Å². The van der Waals surface area contributed by atoms with Crippen molar-refractivity contribution >= 4 is 46.9 Å². The number of hydrogen-bond donors (Lipinski definition) is 2. The molecule has 11 heteroatoms. The van der Waals surface area contributed by atoms with Crippen molar-refractivity contribution in [1.82, 2.24) is 29.8 Å². The number of fused-ring (bicyclic) bond motifs is 2. The SMILES string of the molecule is CCc1cc(N2CCNCC2)c2ccc(OCc3cncc(-n4cc([C@@H]5CCCO5)c5c(N)ncnc54)c3)cc2n1.S. The van der Waals surface area contributed by atoms with E-state index in [0.29, 0.717) is 12.4 Å². The van der Waals surface area contributed by atoms with E-state index in [1.807, 2.05) is 29.1 Å². The molecule has 0 saturated carbocycles. The Bertz CT molecular complexity index is 1710. The average molecular weight is 585 g/mol. The Labute approximate surface area is 251 Å². The zero-order valence-corrected chi connectivity index (χ0v) is 24.7. The van der Waals surface area contributed by atoms with Crippen molar-refractivity contribution in [1.29, 1.82) is 0 Å². The van der Waals surface area contributed by atoms with E-state index in [2.05, 4.69) is 56.5 Å². The molecule has 10 nitrogen and oxygen atoms in total. The predicted octanol–water partition coefficient (Wildman–Crippen LogP) is 4.46. The first-order valence-electron chi connectivity index (χ1n) is 14.4. The number of ether oxygens (including phenoxy) is 2. The normalized spacial score (nSPS) is 17.1. The fourth-order valence-corrected chi connectivity index (χ4v) is 5.91. The third kappa shape index (κ3) is 5.35. The van der Waals surface area contributed by atoms with Gasteiger partial charge in [-0.25, -0.2) is 9.97 Å². The van der Waals surface area contributed by atoms with Crippen LogP contribution in [0.3, 0.4) is 0 Å². The van der Waals surface area contributed by atoms with Gasteiger partial charge in [0.1, 0.15) is 30.1 Å². The van der Waals surface area contributed by atoms with Crippen molar-refractivity contribution < 1.29 is 9.47 Å². The van der Waals surface area contributed by atoms with Crippen molar-refractivity contribution in [3.63, 3.8) is 0 Å². The lowest BCUT2D eigenvalue weighted by atomic mass is 10.1. The molecule has 3 N–H and O–H groups in total. The number of rotatable bonds is 7. The molecule has 218 valence electrons. The molecule has 1 atom stereocenters. The maximum absolute atomic E-state index is 6.30. The lowest BCUT2D eigenvalue weighted by molar-refractivity contribution is 0.113. The van der Waals surface area contributed by atoms with Gasteiger partial charge >= 0.3 is 0 Å². The summed E-state index contributed by atoms with van der Waals surface area (Å²) >= 11 is 0. The number of benzene rings is 1. The van der Waals surface area contributed by atoms with Crippen LogP contribution in [-0.4, -0.2) is 57.3 Å². The summed E-state index contributed by atoms with van der Waals surface area (Å²) in [7, 11) is 0. The number of nitrogen functional groups attached to an aromatic ring is 1. The molecular weight excluding hydrogens is 548 g/mol. The summed E-state index contributed by atoms with van der Waals surface area (Å²) in [5.41, 5.74) is 13.2. The average Bonchev–Trinajstić information content (AvgIpc) is 3.69. The predicted molar refractivity (Wildman–Crippen MR) is 170 cm³/mol.